The zero-order valence-corrected chi connectivity index (χ0v) is 10.4. The number of hydrogen-bond donors (Lipinski definition) is 0. The summed E-state index contributed by atoms with van der Waals surface area (Å²) in [7, 11) is 1.54. The molecule has 0 aromatic rings. The van der Waals surface area contributed by atoms with Crippen molar-refractivity contribution in [2.24, 2.45) is 0 Å². The van der Waals surface area contributed by atoms with E-state index in [1.165, 1.54) is 0 Å². The van der Waals surface area contributed by atoms with Gasteiger partial charge in [0.2, 0.25) is 0 Å². The van der Waals surface area contributed by atoms with Crippen molar-refractivity contribution in [3.63, 3.8) is 0 Å². The number of alkyl halides is 1. The van der Waals surface area contributed by atoms with E-state index in [2.05, 4.69) is 0 Å². The molecule has 0 atom stereocenters. The summed E-state index contributed by atoms with van der Waals surface area (Å²) < 4.78 is 28.2. The third-order valence-corrected chi connectivity index (χ3v) is 3.28. The normalized spacial score (nSPS) is 12.3. The average molecular weight is 264 g/mol. The Morgan fingerprint density at radius 2 is 2.00 bits per heavy atom. The van der Waals surface area contributed by atoms with Crippen LogP contribution in [0.15, 0.2) is 0 Å². The van der Waals surface area contributed by atoms with Crippen molar-refractivity contribution >= 4 is 31.5 Å². The molecular weight excluding hydrogens is 249 g/mol. The van der Waals surface area contributed by atoms with E-state index in [0.717, 1.165) is 4.31 Å². The van der Waals surface area contributed by atoms with Gasteiger partial charge in [-0.15, -0.1) is 11.6 Å². The largest absolute Gasteiger partial charge is 0.382 e. The van der Waals surface area contributed by atoms with Crippen LogP contribution in [0.2, 0.25) is 0 Å². The monoisotopic (exact) mass is 263 g/mol. The van der Waals surface area contributed by atoms with Gasteiger partial charge in [-0.25, -0.2) is 0 Å². The first-order valence-electron chi connectivity index (χ1n) is 4.35. The summed E-state index contributed by atoms with van der Waals surface area (Å²) in [4.78, 5) is 0. The van der Waals surface area contributed by atoms with Crippen molar-refractivity contribution in [3.05, 3.63) is 0 Å². The molecule has 0 aliphatic carbocycles. The van der Waals surface area contributed by atoms with Gasteiger partial charge in [0.15, 0.2) is 0 Å². The van der Waals surface area contributed by atoms with Crippen LogP contribution in [-0.4, -0.2) is 44.9 Å². The summed E-state index contributed by atoms with van der Waals surface area (Å²) >= 11 is 5.45. The van der Waals surface area contributed by atoms with Gasteiger partial charge in [0.25, 0.3) is 9.24 Å². The minimum atomic E-state index is -3.65. The Kier molecular flexibility index (Phi) is 7.95. The molecule has 0 aromatic carbocycles. The Labute approximate surface area is 94.7 Å². The molecule has 86 valence electrons. The maximum absolute atomic E-state index is 11.0. The van der Waals surface area contributed by atoms with Crippen LogP contribution < -0.4 is 0 Å². The third kappa shape index (κ3) is 6.84. The van der Waals surface area contributed by atoms with E-state index in [1.807, 2.05) is 6.92 Å². The highest BCUT2D eigenvalue weighted by Crippen LogP contribution is 2.07. The zero-order valence-electron chi connectivity index (χ0n) is 8.08. The lowest BCUT2D eigenvalue weighted by Gasteiger charge is -2.16. The van der Waals surface area contributed by atoms with Crippen LogP contribution in [0.5, 0.6) is 0 Å². The molecule has 7 heteroatoms. The van der Waals surface area contributed by atoms with E-state index < -0.39 is 9.24 Å². The van der Waals surface area contributed by atoms with E-state index in [1.54, 1.807) is 0 Å². The van der Waals surface area contributed by atoms with Gasteiger partial charge in [-0.3, -0.25) is 0 Å². The quantitative estimate of drug-likeness (QED) is 0.378. The van der Waals surface area contributed by atoms with Crippen LogP contribution in [-0.2, 0) is 14.0 Å². The third-order valence-electron chi connectivity index (χ3n) is 1.54. The van der Waals surface area contributed by atoms with Crippen molar-refractivity contribution in [2.75, 3.05) is 32.2 Å². The van der Waals surface area contributed by atoms with E-state index in [4.69, 9.17) is 27.0 Å². The van der Waals surface area contributed by atoms with Crippen LogP contribution in [0.1, 0.15) is 13.3 Å². The van der Waals surface area contributed by atoms with Gasteiger partial charge in [-0.2, -0.15) is 12.7 Å². The maximum Gasteiger partial charge on any atom is 0.299 e. The summed E-state index contributed by atoms with van der Waals surface area (Å²) in [6.07, 6.45) is 0.622. The Bertz CT molecular complexity index is 233. The number of halogens is 2. The highest BCUT2D eigenvalue weighted by molar-refractivity contribution is 8.11. The summed E-state index contributed by atoms with van der Waals surface area (Å²) in [6.45, 7) is 3.62. The van der Waals surface area contributed by atoms with Crippen LogP contribution in [0.3, 0.4) is 0 Å². The number of rotatable bonds is 8. The molecule has 0 radical (unpaired) electrons. The lowest BCUT2D eigenvalue weighted by molar-refractivity contribution is 0.141. The first kappa shape index (κ1) is 14.5. The van der Waals surface area contributed by atoms with Gasteiger partial charge in [0, 0.05) is 42.9 Å². The van der Waals surface area contributed by atoms with Crippen molar-refractivity contribution < 1.29 is 13.2 Å². The molecule has 0 heterocycles. The molecule has 0 aromatic heterocycles. The topological polar surface area (TPSA) is 46.6 Å². The van der Waals surface area contributed by atoms with Crippen LogP contribution in [0, 0.1) is 0 Å². The Morgan fingerprint density at radius 3 is 2.43 bits per heavy atom. The lowest BCUT2D eigenvalue weighted by atomic mass is 10.4. The Balaban J connectivity index is 3.87. The SMILES string of the molecule is CCOCCCN(CCCl)S(=O)(=O)Cl. The molecule has 0 aliphatic rings. The van der Waals surface area contributed by atoms with Crippen LogP contribution in [0.25, 0.3) is 0 Å². The number of hydrogen-bond acceptors (Lipinski definition) is 3. The average Bonchev–Trinajstić information content (AvgIpc) is 2.08. The number of ether oxygens (including phenoxy) is 1. The second kappa shape index (κ2) is 7.70. The summed E-state index contributed by atoms with van der Waals surface area (Å²) in [5.74, 6) is 0.237. The smallest absolute Gasteiger partial charge is 0.299 e. The molecule has 4 nitrogen and oxygen atoms in total. The molecule has 0 aliphatic heterocycles. The van der Waals surface area contributed by atoms with Crippen LogP contribution >= 0.6 is 22.3 Å². The van der Waals surface area contributed by atoms with E-state index >= 15 is 0 Å². The fraction of sp³-hybridized carbons (Fsp3) is 1.00. The Hall–Kier alpha value is 0.450. The Morgan fingerprint density at radius 1 is 1.36 bits per heavy atom. The molecule has 0 amide bonds. The summed E-state index contributed by atoms with van der Waals surface area (Å²) in [5.41, 5.74) is 0. The predicted molar refractivity (Wildman–Crippen MR) is 58.2 cm³/mol. The highest BCUT2D eigenvalue weighted by atomic mass is 35.7. The van der Waals surface area contributed by atoms with Crippen molar-refractivity contribution in [1.82, 2.24) is 4.31 Å². The van der Waals surface area contributed by atoms with Gasteiger partial charge in [0.05, 0.1) is 0 Å². The predicted octanol–water partition coefficient (Wildman–Crippen LogP) is 1.44. The van der Waals surface area contributed by atoms with Crippen molar-refractivity contribution in [1.29, 1.82) is 0 Å². The second-order valence-corrected chi connectivity index (χ2v) is 5.47. The fourth-order valence-electron chi connectivity index (χ4n) is 0.911. The molecule has 0 saturated carbocycles. The van der Waals surface area contributed by atoms with Gasteiger partial charge in [-0.1, -0.05) is 0 Å². The van der Waals surface area contributed by atoms with Gasteiger partial charge < -0.3 is 4.74 Å². The molecule has 0 fully saturated rings. The van der Waals surface area contributed by atoms with E-state index in [9.17, 15) is 8.42 Å². The first-order chi connectivity index (χ1) is 6.52. The minimum absolute atomic E-state index is 0.236. The fourth-order valence-corrected chi connectivity index (χ4v) is 2.29. The van der Waals surface area contributed by atoms with Crippen LogP contribution in [0.4, 0.5) is 0 Å². The minimum Gasteiger partial charge on any atom is -0.382 e. The highest BCUT2D eigenvalue weighted by Gasteiger charge is 2.17. The van der Waals surface area contributed by atoms with Crippen molar-refractivity contribution in [2.45, 2.75) is 13.3 Å². The number of nitrogens with zero attached hydrogens (tertiary/aromatic N) is 1. The molecule has 0 spiro atoms. The lowest BCUT2D eigenvalue weighted by Crippen LogP contribution is -2.30. The standard InChI is InChI=1S/C7H15Cl2NO3S/c1-2-13-7-3-5-10(6-4-8)14(9,11)12/h2-7H2,1H3. The van der Waals surface area contributed by atoms with E-state index in [0.29, 0.717) is 26.2 Å². The van der Waals surface area contributed by atoms with Gasteiger partial charge in [0.1, 0.15) is 0 Å². The van der Waals surface area contributed by atoms with Crippen molar-refractivity contribution in [3.8, 4) is 0 Å². The molecule has 0 unspecified atom stereocenters. The maximum atomic E-state index is 11.0. The molecular formula is C7H15Cl2NO3S. The molecule has 0 bridgehead atoms. The van der Waals surface area contributed by atoms with Gasteiger partial charge in [-0.05, 0) is 13.3 Å². The first-order valence-corrected chi connectivity index (χ1v) is 7.16. The van der Waals surface area contributed by atoms with Gasteiger partial charge >= 0.3 is 0 Å². The molecule has 0 saturated heterocycles. The summed E-state index contributed by atoms with van der Waals surface area (Å²) in [6, 6.07) is 0. The molecule has 0 rings (SSSR count). The molecule has 0 N–H and O–H groups in total. The second-order valence-electron chi connectivity index (χ2n) is 2.58. The molecule has 14 heavy (non-hydrogen) atoms. The zero-order chi connectivity index (χ0) is 11.0. The summed E-state index contributed by atoms with van der Waals surface area (Å²) in [5, 5.41) is 0. The van der Waals surface area contributed by atoms with E-state index in [-0.39, 0.29) is 12.4 Å².